The number of rotatable bonds is 4. The predicted molar refractivity (Wildman–Crippen MR) is 131 cm³/mol. The lowest BCUT2D eigenvalue weighted by Crippen LogP contribution is -2.06. The molecule has 0 heterocycles. The third-order valence-electron chi connectivity index (χ3n) is 5.36. The second-order valence-electron chi connectivity index (χ2n) is 7.28. The van der Waals surface area contributed by atoms with Crippen molar-refractivity contribution in [3.05, 3.63) is 96.1 Å². The summed E-state index contributed by atoms with van der Waals surface area (Å²) in [5.74, 6) is -1.13. The molecule has 150 valence electrons. The van der Waals surface area contributed by atoms with Crippen molar-refractivity contribution in [3.63, 3.8) is 0 Å². The minimum Gasteiger partial charge on any atom is -0.206 e. The summed E-state index contributed by atoms with van der Waals surface area (Å²) in [5.41, 5.74) is 7.17. The van der Waals surface area contributed by atoms with Crippen LogP contribution in [0, 0.1) is 11.6 Å². The molecule has 0 saturated carbocycles. The number of halogens is 2. The Morgan fingerprint density at radius 3 is 1.57 bits per heavy atom. The number of benzene rings is 4. The lowest BCUT2D eigenvalue weighted by Gasteiger charge is -2.11. The van der Waals surface area contributed by atoms with Crippen LogP contribution in [0.2, 0.25) is 0 Å². The molecule has 2 unspecified atom stereocenters. The Labute approximate surface area is 180 Å². The van der Waals surface area contributed by atoms with Gasteiger partial charge >= 0.3 is 0 Å². The van der Waals surface area contributed by atoms with Crippen LogP contribution in [-0.4, -0.2) is 0 Å². The van der Waals surface area contributed by atoms with Gasteiger partial charge < -0.3 is 0 Å². The summed E-state index contributed by atoms with van der Waals surface area (Å²) < 4.78 is 27.9. The van der Waals surface area contributed by atoms with E-state index in [1.54, 1.807) is 0 Å². The second-order valence-corrected chi connectivity index (χ2v) is 8.48. The first kappa shape index (κ1) is 20.9. The lowest BCUT2D eigenvalue weighted by molar-refractivity contribution is 0.599. The minimum atomic E-state index is -0.564. The van der Waals surface area contributed by atoms with E-state index in [1.165, 1.54) is 28.8 Å². The molecular formula is C26H22F2P2. The molecule has 0 amide bonds. The van der Waals surface area contributed by atoms with E-state index in [1.807, 2.05) is 18.2 Å². The zero-order valence-corrected chi connectivity index (χ0v) is 18.9. The first-order valence-corrected chi connectivity index (χ1v) is 11.0. The van der Waals surface area contributed by atoms with E-state index in [-0.39, 0.29) is 5.30 Å². The van der Waals surface area contributed by atoms with Crippen molar-refractivity contribution in [2.24, 2.45) is 0 Å². The fourth-order valence-corrected chi connectivity index (χ4v) is 4.14. The quantitative estimate of drug-likeness (QED) is 0.321. The molecule has 0 spiro atoms. The van der Waals surface area contributed by atoms with Gasteiger partial charge in [0, 0.05) is 5.30 Å². The summed E-state index contributed by atoms with van der Waals surface area (Å²) in [6.45, 7) is 2.15. The molecule has 0 nitrogen and oxygen atoms in total. The van der Waals surface area contributed by atoms with E-state index < -0.39 is 11.6 Å². The van der Waals surface area contributed by atoms with Crippen LogP contribution in [0.15, 0.2) is 78.9 Å². The van der Waals surface area contributed by atoms with Gasteiger partial charge in [-0.05, 0) is 68.9 Å². The van der Waals surface area contributed by atoms with Crippen molar-refractivity contribution >= 4 is 29.1 Å². The first-order chi connectivity index (χ1) is 14.5. The molecule has 4 aromatic rings. The zero-order chi connectivity index (χ0) is 21.3. The van der Waals surface area contributed by atoms with Crippen LogP contribution < -0.4 is 10.6 Å². The number of aryl methyl sites for hydroxylation is 1. The Hall–Kier alpha value is -2.40. The molecule has 30 heavy (non-hydrogen) atoms. The van der Waals surface area contributed by atoms with Gasteiger partial charge in [-0.15, -0.1) is 9.24 Å². The van der Waals surface area contributed by atoms with Crippen LogP contribution in [0.1, 0.15) is 12.5 Å². The standard InChI is InChI=1S/C26H22F2P2/c1-2-16-3-5-17(6-4-16)18-7-9-19(10-8-18)20-11-12-22(25(29)15-20)21-13-23(27)26(30)24(28)14-21/h3-15H,2,29-30H2,1H3. The van der Waals surface area contributed by atoms with Crippen molar-refractivity contribution in [2.45, 2.75) is 13.3 Å². The highest BCUT2D eigenvalue weighted by atomic mass is 31.0. The Bertz CT molecular complexity index is 1170. The van der Waals surface area contributed by atoms with Crippen LogP contribution in [-0.2, 0) is 6.42 Å². The summed E-state index contributed by atoms with van der Waals surface area (Å²) in [6, 6.07) is 25.7. The monoisotopic (exact) mass is 434 g/mol. The first-order valence-electron chi connectivity index (χ1n) is 9.80. The molecule has 4 aromatic carbocycles. The van der Waals surface area contributed by atoms with Crippen molar-refractivity contribution in [1.82, 2.24) is 0 Å². The predicted octanol–water partition coefficient (Wildman–Crippen LogP) is 6.53. The summed E-state index contributed by atoms with van der Waals surface area (Å²) >= 11 is 0. The van der Waals surface area contributed by atoms with Crippen LogP contribution in [0.4, 0.5) is 8.78 Å². The Balaban J connectivity index is 1.62. The fraction of sp³-hybridized carbons (Fsp3) is 0.0769. The zero-order valence-electron chi connectivity index (χ0n) is 16.6. The average molecular weight is 434 g/mol. The van der Waals surface area contributed by atoms with Gasteiger partial charge in [0.15, 0.2) is 0 Å². The second kappa shape index (κ2) is 8.76. The topological polar surface area (TPSA) is 0 Å². The van der Waals surface area contributed by atoms with E-state index in [9.17, 15) is 8.78 Å². The van der Waals surface area contributed by atoms with Crippen molar-refractivity contribution in [1.29, 1.82) is 0 Å². The largest absolute Gasteiger partial charge is 0.206 e. The van der Waals surface area contributed by atoms with Crippen LogP contribution in [0.5, 0.6) is 0 Å². The highest BCUT2D eigenvalue weighted by Crippen LogP contribution is 2.28. The van der Waals surface area contributed by atoms with Gasteiger partial charge in [0.1, 0.15) is 11.6 Å². The van der Waals surface area contributed by atoms with Gasteiger partial charge in [-0.3, -0.25) is 0 Å². The molecule has 0 bridgehead atoms. The summed E-state index contributed by atoms with van der Waals surface area (Å²) in [6.07, 6.45) is 1.04. The molecule has 4 heteroatoms. The Kier molecular flexibility index (Phi) is 6.09. The SMILES string of the molecule is CCc1ccc(-c2ccc(-c3ccc(-c4cc(F)c(P)c(F)c4)c(P)c3)cc2)cc1. The highest BCUT2D eigenvalue weighted by molar-refractivity contribution is 7.28. The molecule has 2 atom stereocenters. The summed E-state index contributed by atoms with van der Waals surface area (Å²) in [5, 5.41) is 0.854. The van der Waals surface area contributed by atoms with Gasteiger partial charge in [0.2, 0.25) is 0 Å². The van der Waals surface area contributed by atoms with E-state index in [2.05, 4.69) is 73.9 Å². The van der Waals surface area contributed by atoms with Crippen molar-refractivity contribution < 1.29 is 8.78 Å². The van der Waals surface area contributed by atoms with Gasteiger partial charge in [-0.1, -0.05) is 76.8 Å². The van der Waals surface area contributed by atoms with Gasteiger partial charge in [0.05, 0.1) is 0 Å². The maximum Gasteiger partial charge on any atom is 0.133 e. The van der Waals surface area contributed by atoms with Crippen LogP contribution in [0.25, 0.3) is 33.4 Å². The molecule has 0 saturated heterocycles. The maximum atomic E-state index is 14.0. The molecule has 0 aliphatic heterocycles. The van der Waals surface area contributed by atoms with Gasteiger partial charge in [-0.2, -0.15) is 0 Å². The average Bonchev–Trinajstić information content (AvgIpc) is 2.77. The minimum absolute atomic E-state index is 0.0369. The van der Waals surface area contributed by atoms with Crippen molar-refractivity contribution in [2.75, 3.05) is 0 Å². The van der Waals surface area contributed by atoms with E-state index in [0.29, 0.717) is 5.56 Å². The van der Waals surface area contributed by atoms with Crippen LogP contribution >= 0.6 is 18.5 Å². The molecule has 0 fully saturated rings. The molecular weight excluding hydrogens is 412 g/mol. The molecule has 0 aliphatic rings. The van der Waals surface area contributed by atoms with E-state index in [0.717, 1.165) is 28.4 Å². The molecule has 0 radical (unpaired) electrons. The van der Waals surface area contributed by atoms with Gasteiger partial charge in [0.25, 0.3) is 0 Å². The molecule has 4 rings (SSSR count). The van der Waals surface area contributed by atoms with Crippen LogP contribution in [0.3, 0.4) is 0 Å². The lowest BCUT2D eigenvalue weighted by atomic mass is 9.97. The third-order valence-corrected chi connectivity index (χ3v) is 6.38. The normalized spacial score (nSPS) is 11.0. The molecule has 0 aliphatic carbocycles. The third kappa shape index (κ3) is 4.22. The fourth-order valence-electron chi connectivity index (χ4n) is 3.53. The van der Waals surface area contributed by atoms with Gasteiger partial charge in [-0.25, -0.2) is 8.78 Å². The summed E-state index contributed by atoms with van der Waals surface area (Å²) in [4.78, 5) is 0. The van der Waals surface area contributed by atoms with E-state index >= 15 is 0 Å². The van der Waals surface area contributed by atoms with E-state index in [4.69, 9.17) is 0 Å². The highest BCUT2D eigenvalue weighted by Gasteiger charge is 2.11. The number of hydrogen-bond acceptors (Lipinski definition) is 0. The maximum absolute atomic E-state index is 14.0. The Morgan fingerprint density at radius 1 is 0.600 bits per heavy atom. The molecule has 0 N–H and O–H groups in total. The Morgan fingerprint density at radius 2 is 1.07 bits per heavy atom. The molecule has 0 aromatic heterocycles. The summed E-state index contributed by atoms with van der Waals surface area (Å²) in [7, 11) is 4.78. The smallest absolute Gasteiger partial charge is 0.133 e. The number of hydrogen-bond donors (Lipinski definition) is 0. The van der Waals surface area contributed by atoms with Crippen molar-refractivity contribution in [3.8, 4) is 33.4 Å².